The van der Waals surface area contributed by atoms with Crippen molar-refractivity contribution >= 4 is 15.9 Å². The molecule has 0 spiro atoms. The number of carbonyl (C=O) groups excluding carboxylic acids is 1. The van der Waals surface area contributed by atoms with E-state index in [1.165, 1.54) is 6.92 Å². The van der Waals surface area contributed by atoms with Gasteiger partial charge in [-0.3, -0.25) is 9.48 Å². The molecule has 0 radical (unpaired) electrons. The molecular weight excluding hydrogens is 382 g/mol. The highest BCUT2D eigenvalue weighted by molar-refractivity contribution is 7.90. The zero-order valence-electron chi connectivity index (χ0n) is 13.4. The van der Waals surface area contributed by atoms with Gasteiger partial charge in [-0.05, 0) is 25.1 Å². The summed E-state index contributed by atoms with van der Waals surface area (Å²) in [4.78, 5) is 11.6. The highest BCUT2D eigenvalue weighted by Gasteiger charge is 2.34. The van der Waals surface area contributed by atoms with Gasteiger partial charge in [-0.25, -0.2) is 17.5 Å². The van der Waals surface area contributed by atoms with Gasteiger partial charge in [0.25, 0.3) is 15.9 Å². The van der Waals surface area contributed by atoms with Crippen molar-refractivity contribution in [2.75, 3.05) is 7.11 Å². The number of benzene rings is 1. The van der Waals surface area contributed by atoms with Gasteiger partial charge in [0.1, 0.15) is 22.5 Å². The zero-order valence-corrected chi connectivity index (χ0v) is 14.2. The zero-order chi connectivity index (χ0) is 19.7. The third-order valence-corrected chi connectivity index (χ3v) is 4.71. The number of ether oxygens (including phenoxy) is 1. The lowest BCUT2D eigenvalue weighted by Crippen LogP contribution is -2.36. The van der Waals surface area contributed by atoms with Crippen LogP contribution >= 0.6 is 0 Å². The maximum Gasteiger partial charge on any atom is 0.435 e. The molecule has 7 nitrogen and oxygen atoms in total. The summed E-state index contributed by atoms with van der Waals surface area (Å²) in [6.07, 6.45) is -3.80. The number of hydrogen-bond donors (Lipinski definition) is 1. The topological polar surface area (TPSA) is 90.3 Å². The summed E-state index contributed by atoms with van der Waals surface area (Å²) in [6.45, 7) is 1.17. The maximum absolute atomic E-state index is 13.2. The Balaban J connectivity index is 2.24. The Hall–Kier alpha value is -2.63. The normalized spacial score (nSPS) is 13.3. The molecule has 12 heteroatoms. The number of methoxy groups -OCH3 is 1. The van der Waals surface area contributed by atoms with E-state index in [1.54, 1.807) is 4.72 Å². The van der Waals surface area contributed by atoms with Crippen LogP contribution in [0.4, 0.5) is 17.6 Å². The molecule has 1 aromatic heterocycles. The fourth-order valence-electron chi connectivity index (χ4n) is 1.96. The quantitative estimate of drug-likeness (QED) is 0.784. The molecule has 142 valence electrons. The Labute approximate surface area is 145 Å². The van der Waals surface area contributed by atoms with Crippen molar-refractivity contribution in [2.24, 2.45) is 0 Å². The molecule has 1 N–H and O–H groups in total. The molecule has 2 rings (SSSR count). The number of carbonyl (C=O) groups is 1. The van der Waals surface area contributed by atoms with E-state index in [0.717, 1.165) is 31.5 Å². The van der Waals surface area contributed by atoms with Crippen molar-refractivity contribution in [3.63, 3.8) is 0 Å². The van der Waals surface area contributed by atoms with E-state index in [-0.39, 0.29) is 5.75 Å². The van der Waals surface area contributed by atoms with Crippen LogP contribution in [0.1, 0.15) is 18.7 Å². The van der Waals surface area contributed by atoms with E-state index in [0.29, 0.717) is 10.7 Å². The van der Waals surface area contributed by atoms with Crippen LogP contribution in [0, 0.1) is 5.82 Å². The van der Waals surface area contributed by atoms with E-state index in [9.17, 15) is 30.8 Å². The van der Waals surface area contributed by atoms with Gasteiger partial charge >= 0.3 is 6.18 Å². The third kappa shape index (κ3) is 4.12. The summed E-state index contributed by atoms with van der Waals surface area (Å²) in [7, 11) is -3.34. The maximum atomic E-state index is 13.2. The van der Waals surface area contributed by atoms with E-state index in [1.807, 2.05) is 0 Å². The van der Waals surface area contributed by atoms with Gasteiger partial charge in [-0.15, -0.1) is 0 Å². The Morgan fingerprint density at radius 3 is 2.50 bits per heavy atom. The smallest absolute Gasteiger partial charge is 0.435 e. The van der Waals surface area contributed by atoms with Crippen LogP contribution in [-0.2, 0) is 21.0 Å². The Morgan fingerprint density at radius 1 is 1.31 bits per heavy atom. The molecular formula is C14H13F4N3O4S. The van der Waals surface area contributed by atoms with Gasteiger partial charge in [-0.1, -0.05) is 0 Å². The standard InChI is InChI=1S/C14H13F4N3O4S/c1-8(21-6-5-12(19-21)14(16,17)18)13(22)20-26(23,24)11-4-3-9(15)7-10(11)25-2/h3-8H,1-2H3,(H,20,22). The molecule has 0 saturated heterocycles. The van der Waals surface area contributed by atoms with Gasteiger partial charge < -0.3 is 4.74 Å². The largest absolute Gasteiger partial charge is 0.495 e. The van der Waals surface area contributed by atoms with Gasteiger partial charge in [0.15, 0.2) is 5.69 Å². The lowest BCUT2D eigenvalue weighted by atomic mass is 10.3. The Bertz CT molecular complexity index is 925. The molecule has 1 heterocycles. The fraction of sp³-hybridized carbons (Fsp3) is 0.286. The van der Waals surface area contributed by atoms with Crippen molar-refractivity contribution < 1.29 is 35.5 Å². The number of halogens is 4. The fourth-order valence-corrected chi connectivity index (χ4v) is 3.16. The van der Waals surface area contributed by atoms with Crippen molar-refractivity contribution in [1.82, 2.24) is 14.5 Å². The monoisotopic (exact) mass is 395 g/mol. The molecule has 0 aliphatic heterocycles. The summed E-state index contributed by atoms with van der Waals surface area (Å²) in [6, 6.07) is 1.86. The van der Waals surface area contributed by atoms with Crippen LogP contribution < -0.4 is 9.46 Å². The van der Waals surface area contributed by atoms with Crippen molar-refractivity contribution in [2.45, 2.75) is 24.0 Å². The number of sulfonamides is 1. The minimum absolute atomic E-state index is 0.337. The number of rotatable bonds is 5. The summed E-state index contributed by atoms with van der Waals surface area (Å²) in [5.74, 6) is -2.22. The molecule has 0 aliphatic rings. The van der Waals surface area contributed by atoms with Gasteiger partial charge in [0.2, 0.25) is 0 Å². The third-order valence-electron chi connectivity index (χ3n) is 3.33. The highest BCUT2D eigenvalue weighted by Crippen LogP contribution is 2.28. The lowest BCUT2D eigenvalue weighted by molar-refractivity contribution is -0.142. The van der Waals surface area contributed by atoms with Crippen LogP contribution in [0.15, 0.2) is 35.4 Å². The predicted molar refractivity (Wildman–Crippen MR) is 80.2 cm³/mol. The van der Waals surface area contributed by atoms with Crippen LogP contribution in [0.5, 0.6) is 5.75 Å². The second kappa shape index (κ2) is 6.94. The van der Waals surface area contributed by atoms with Crippen molar-refractivity contribution in [3.8, 4) is 5.75 Å². The first-order chi connectivity index (χ1) is 12.0. The molecule has 1 aromatic carbocycles. The number of hydrogen-bond acceptors (Lipinski definition) is 5. The number of alkyl halides is 3. The lowest BCUT2D eigenvalue weighted by Gasteiger charge is -2.14. The van der Waals surface area contributed by atoms with Crippen molar-refractivity contribution in [1.29, 1.82) is 0 Å². The SMILES string of the molecule is COc1cc(F)ccc1S(=O)(=O)NC(=O)C(C)n1ccc(C(F)(F)F)n1. The minimum atomic E-state index is -4.70. The molecule has 0 fully saturated rings. The minimum Gasteiger partial charge on any atom is -0.495 e. The Kier molecular flexibility index (Phi) is 5.26. The van der Waals surface area contributed by atoms with Gasteiger partial charge in [0, 0.05) is 12.3 Å². The molecule has 26 heavy (non-hydrogen) atoms. The van der Waals surface area contributed by atoms with Crippen LogP contribution in [0.2, 0.25) is 0 Å². The van der Waals surface area contributed by atoms with E-state index >= 15 is 0 Å². The average Bonchev–Trinajstić information content (AvgIpc) is 3.03. The van der Waals surface area contributed by atoms with Crippen LogP contribution in [0.3, 0.4) is 0 Å². The number of nitrogens with one attached hydrogen (secondary N) is 1. The van der Waals surface area contributed by atoms with E-state index < -0.39 is 44.6 Å². The number of amides is 1. The van der Waals surface area contributed by atoms with E-state index in [4.69, 9.17) is 4.74 Å². The molecule has 1 atom stereocenters. The highest BCUT2D eigenvalue weighted by atomic mass is 32.2. The van der Waals surface area contributed by atoms with Crippen molar-refractivity contribution in [3.05, 3.63) is 42.0 Å². The second-order valence-electron chi connectivity index (χ2n) is 5.12. The Morgan fingerprint density at radius 2 is 1.96 bits per heavy atom. The molecule has 0 aliphatic carbocycles. The molecule has 0 bridgehead atoms. The number of nitrogens with zero attached hydrogens (tertiary/aromatic N) is 2. The average molecular weight is 395 g/mol. The summed E-state index contributed by atoms with van der Waals surface area (Å²) >= 11 is 0. The first-order valence-corrected chi connectivity index (χ1v) is 8.46. The summed E-state index contributed by atoms with van der Waals surface area (Å²) in [5, 5.41) is 3.21. The molecule has 2 aromatic rings. The molecule has 1 amide bonds. The van der Waals surface area contributed by atoms with Crippen LogP contribution in [-0.4, -0.2) is 31.2 Å². The summed E-state index contributed by atoms with van der Waals surface area (Å²) in [5.41, 5.74) is -1.22. The first-order valence-electron chi connectivity index (χ1n) is 6.98. The number of aromatic nitrogens is 2. The van der Waals surface area contributed by atoms with Crippen LogP contribution in [0.25, 0.3) is 0 Å². The first kappa shape index (κ1) is 19.7. The second-order valence-corrected chi connectivity index (χ2v) is 6.77. The molecule has 0 saturated carbocycles. The predicted octanol–water partition coefficient (Wildman–Crippen LogP) is 2.12. The van der Waals surface area contributed by atoms with Gasteiger partial charge in [0.05, 0.1) is 7.11 Å². The summed E-state index contributed by atoms with van der Waals surface area (Å²) < 4.78 is 82.6. The van der Waals surface area contributed by atoms with E-state index in [2.05, 4.69) is 5.10 Å². The molecule has 1 unspecified atom stereocenters. The van der Waals surface area contributed by atoms with Gasteiger partial charge in [-0.2, -0.15) is 18.3 Å².